The minimum absolute atomic E-state index is 0.184. The molecule has 0 saturated heterocycles. The molecule has 98 valence electrons. The molecule has 1 aromatic carbocycles. The Morgan fingerprint density at radius 1 is 1.47 bits per heavy atom. The zero-order chi connectivity index (χ0) is 13.6. The van der Waals surface area contributed by atoms with Crippen LogP contribution >= 0.6 is 34.2 Å². The molecule has 0 amide bonds. The van der Waals surface area contributed by atoms with Crippen molar-refractivity contribution < 1.29 is 9.90 Å². The summed E-state index contributed by atoms with van der Waals surface area (Å²) in [7, 11) is 0. The number of rotatable bonds is 3. The van der Waals surface area contributed by atoms with Gasteiger partial charge < -0.3 is 5.11 Å². The summed E-state index contributed by atoms with van der Waals surface area (Å²) >= 11 is 8.38. The van der Waals surface area contributed by atoms with Crippen molar-refractivity contribution in [2.75, 3.05) is 0 Å². The molecule has 1 aliphatic rings. The molecule has 0 unspecified atom stereocenters. The first-order valence-corrected chi connectivity index (χ1v) is 7.17. The van der Waals surface area contributed by atoms with Crippen molar-refractivity contribution in [3.05, 3.63) is 38.4 Å². The molecular weight excluding hydrogens is 381 g/mol. The molecule has 0 bridgehead atoms. The van der Waals surface area contributed by atoms with Crippen LogP contribution in [0.1, 0.15) is 35.2 Å². The van der Waals surface area contributed by atoms with Crippen molar-refractivity contribution >= 4 is 40.2 Å². The molecule has 1 saturated carbocycles. The van der Waals surface area contributed by atoms with E-state index in [9.17, 15) is 4.79 Å². The molecule has 1 heterocycles. The molecule has 1 aromatic heterocycles. The number of halogens is 2. The van der Waals surface area contributed by atoms with E-state index in [1.165, 1.54) is 0 Å². The van der Waals surface area contributed by atoms with E-state index in [0.29, 0.717) is 16.5 Å². The Hall–Kier alpha value is -1.15. The van der Waals surface area contributed by atoms with Gasteiger partial charge in [0.05, 0.1) is 10.7 Å². The maximum atomic E-state index is 11.0. The number of aromatic nitrogens is 3. The second-order valence-electron chi connectivity index (χ2n) is 4.38. The molecule has 0 radical (unpaired) electrons. The Morgan fingerprint density at radius 3 is 2.79 bits per heavy atom. The Labute approximate surface area is 127 Å². The van der Waals surface area contributed by atoms with Crippen molar-refractivity contribution in [1.82, 2.24) is 14.8 Å². The van der Waals surface area contributed by atoms with Gasteiger partial charge in [0, 0.05) is 9.49 Å². The molecule has 1 N–H and O–H groups in total. The normalized spacial score (nSPS) is 14.6. The van der Waals surface area contributed by atoms with Gasteiger partial charge in [-0.3, -0.25) is 0 Å². The predicted molar refractivity (Wildman–Crippen MR) is 78.0 cm³/mol. The third-order valence-electron chi connectivity index (χ3n) is 2.90. The van der Waals surface area contributed by atoms with E-state index in [-0.39, 0.29) is 11.7 Å². The van der Waals surface area contributed by atoms with Crippen LogP contribution in [0.2, 0.25) is 5.02 Å². The number of aromatic carboxylic acids is 1. The predicted octanol–water partition coefficient (Wildman–Crippen LogP) is 3.10. The summed E-state index contributed by atoms with van der Waals surface area (Å²) in [5.74, 6) is -0.338. The fourth-order valence-electron chi connectivity index (χ4n) is 1.85. The lowest BCUT2D eigenvalue weighted by Gasteiger charge is -2.07. The van der Waals surface area contributed by atoms with Gasteiger partial charge in [-0.1, -0.05) is 11.6 Å². The molecule has 19 heavy (non-hydrogen) atoms. The van der Waals surface area contributed by atoms with Crippen molar-refractivity contribution in [3.63, 3.8) is 0 Å². The van der Waals surface area contributed by atoms with E-state index in [2.05, 4.69) is 32.7 Å². The van der Waals surface area contributed by atoms with Gasteiger partial charge >= 0.3 is 5.97 Å². The molecule has 1 aliphatic carbocycles. The van der Waals surface area contributed by atoms with Gasteiger partial charge in [0.25, 0.3) is 5.82 Å². The van der Waals surface area contributed by atoms with Gasteiger partial charge in [-0.15, -0.1) is 5.10 Å². The number of hydrogen-bond acceptors (Lipinski definition) is 3. The van der Waals surface area contributed by atoms with E-state index in [4.69, 9.17) is 16.7 Å². The van der Waals surface area contributed by atoms with Gasteiger partial charge in [0.15, 0.2) is 0 Å². The number of carbonyl (C=O) groups is 1. The lowest BCUT2D eigenvalue weighted by atomic mass is 10.3. The first-order chi connectivity index (χ1) is 9.06. The number of hydrogen-bond donors (Lipinski definition) is 1. The van der Waals surface area contributed by atoms with Crippen molar-refractivity contribution in [1.29, 1.82) is 0 Å². The summed E-state index contributed by atoms with van der Waals surface area (Å²) in [4.78, 5) is 15.1. The molecule has 0 atom stereocenters. The third-order valence-corrected chi connectivity index (χ3v) is 3.88. The number of nitrogens with zero attached hydrogens (tertiary/aromatic N) is 3. The molecular formula is C12H9ClIN3O2. The van der Waals surface area contributed by atoms with Gasteiger partial charge in [-0.05, 0) is 53.6 Å². The summed E-state index contributed by atoms with van der Waals surface area (Å²) in [6, 6.07) is 5.55. The van der Waals surface area contributed by atoms with Crippen LogP contribution in [0.4, 0.5) is 0 Å². The summed E-state index contributed by atoms with van der Waals surface area (Å²) in [6.07, 6.45) is 2.03. The molecule has 5 nitrogen and oxygen atoms in total. The van der Waals surface area contributed by atoms with Crippen LogP contribution in [0.15, 0.2) is 18.2 Å². The van der Waals surface area contributed by atoms with Crippen LogP contribution in [-0.4, -0.2) is 25.8 Å². The maximum Gasteiger partial charge on any atom is 0.375 e. The van der Waals surface area contributed by atoms with Crippen LogP contribution in [0, 0.1) is 3.57 Å². The van der Waals surface area contributed by atoms with E-state index in [1.807, 2.05) is 18.2 Å². The van der Waals surface area contributed by atoms with Crippen LogP contribution in [-0.2, 0) is 0 Å². The van der Waals surface area contributed by atoms with Crippen LogP contribution < -0.4 is 0 Å². The summed E-state index contributed by atoms with van der Waals surface area (Å²) in [6.45, 7) is 0. The quantitative estimate of drug-likeness (QED) is 0.819. The van der Waals surface area contributed by atoms with Crippen LogP contribution in [0.25, 0.3) is 5.69 Å². The monoisotopic (exact) mass is 389 g/mol. The first kappa shape index (κ1) is 12.9. The molecule has 1 fully saturated rings. The van der Waals surface area contributed by atoms with Crippen molar-refractivity contribution in [2.24, 2.45) is 0 Å². The Morgan fingerprint density at radius 2 is 2.21 bits per heavy atom. The SMILES string of the molecule is O=C(O)c1nc(C2CC2)n(-c2ccc(I)cc2Cl)n1. The summed E-state index contributed by atoms with van der Waals surface area (Å²) in [5, 5.41) is 13.6. The minimum Gasteiger partial charge on any atom is -0.475 e. The second kappa shape index (κ2) is 4.75. The summed E-state index contributed by atoms with van der Waals surface area (Å²) < 4.78 is 2.57. The molecule has 7 heteroatoms. The van der Waals surface area contributed by atoms with E-state index >= 15 is 0 Å². The van der Waals surface area contributed by atoms with Crippen LogP contribution in [0.5, 0.6) is 0 Å². The van der Waals surface area contributed by atoms with Gasteiger partial charge in [-0.2, -0.15) is 0 Å². The smallest absolute Gasteiger partial charge is 0.375 e. The second-order valence-corrected chi connectivity index (χ2v) is 6.03. The van der Waals surface area contributed by atoms with Crippen molar-refractivity contribution in [3.8, 4) is 5.69 Å². The van der Waals surface area contributed by atoms with Gasteiger partial charge in [0.2, 0.25) is 0 Å². The number of benzene rings is 1. The molecule has 0 spiro atoms. The third kappa shape index (κ3) is 2.46. The topological polar surface area (TPSA) is 68.0 Å². The van der Waals surface area contributed by atoms with E-state index in [0.717, 1.165) is 16.4 Å². The highest BCUT2D eigenvalue weighted by molar-refractivity contribution is 14.1. The Bertz CT molecular complexity index is 667. The minimum atomic E-state index is -1.12. The van der Waals surface area contributed by atoms with Crippen LogP contribution in [0.3, 0.4) is 0 Å². The molecule has 3 rings (SSSR count). The number of carboxylic acids is 1. The van der Waals surface area contributed by atoms with Gasteiger partial charge in [0.1, 0.15) is 5.82 Å². The van der Waals surface area contributed by atoms with E-state index < -0.39 is 5.97 Å². The highest BCUT2D eigenvalue weighted by Gasteiger charge is 2.31. The Kier molecular flexibility index (Phi) is 3.22. The van der Waals surface area contributed by atoms with Crippen molar-refractivity contribution in [2.45, 2.75) is 18.8 Å². The fourth-order valence-corrected chi connectivity index (χ4v) is 2.79. The van der Waals surface area contributed by atoms with E-state index in [1.54, 1.807) is 4.68 Å². The zero-order valence-electron chi connectivity index (χ0n) is 9.68. The number of carboxylic acid groups (broad SMARTS) is 1. The average molecular weight is 390 g/mol. The molecule has 2 aromatic rings. The summed E-state index contributed by atoms with van der Waals surface area (Å²) in [5.41, 5.74) is 0.670. The zero-order valence-corrected chi connectivity index (χ0v) is 12.6. The first-order valence-electron chi connectivity index (χ1n) is 5.72. The average Bonchev–Trinajstić information content (AvgIpc) is 3.09. The molecule has 0 aliphatic heterocycles. The standard InChI is InChI=1S/C12H9ClIN3O2/c13-8-5-7(14)3-4-9(8)17-11(6-1-2-6)15-10(16-17)12(18)19/h3-6H,1-2H2,(H,18,19). The highest BCUT2D eigenvalue weighted by Crippen LogP contribution is 2.40. The lowest BCUT2D eigenvalue weighted by Crippen LogP contribution is -2.04. The Balaban J connectivity index is 2.15. The van der Waals surface area contributed by atoms with Gasteiger partial charge in [-0.25, -0.2) is 14.5 Å². The largest absolute Gasteiger partial charge is 0.475 e. The maximum absolute atomic E-state index is 11.0. The highest BCUT2D eigenvalue weighted by atomic mass is 127. The fraction of sp³-hybridized carbons (Fsp3) is 0.250. The lowest BCUT2D eigenvalue weighted by molar-refractivity contribution is 0.0683.